The Labute approximate surface area is 142 Å². The maximum atomic E-state index is 4.36. The summed E-state index contributed by atoms with van der Waals surface area (Å²) in [6.45, 7) is 18.7. The summed E-state index contributed by atoms with van der Waals surface area (Å²) < 4.78 is 0. The van der Waals surface area contributed by atoms with Crippen LogP contribution >= 0.6 is 0 Å². The van der Waals surface area contributed by atoms with Crippen molar-refractivity contribution in [1.29, 1.82) is 0 Å². The van der Waals surface area contributed by atoms with Crippen LogP contribution in [0.25, 0.3) is 0 Å². The average molecular weight is 323 g/mol. The Morgan fingerprint density at radius 2 is 1.32 bits per heavy atom. The van der Waals surface area contributed by atoms with Gasteiger partial charge in [-0.15, -0.1) is 0 Å². The number of hydrogen-bond donors (Lipinski definition) is 0. The normalized spacial score (nSPS) is 13.2. The van der Waals surface area contributed by atoms with E-state index in [2.05, 4.69) is 48.1 Å². The molecule has 0 aliphatic rings. The maximum Gasteiger partial charge on any atom is 0.0567 e. The molecule has 0 N–H and O–H groups in total. The van der Waals surface area contributed by atoms with E-state index in [1.165, 1.54) is 74.7 Å². The van der Waals surface area contributed by atoms with Crippen LogP contribution < -0.4 is 0 Å². The molecule has 1 heteroatoms. The van der Waals surface area contributed by atoms with E-state index in [1.54, 1.807) is 11.1 Å². The number of hydrogen-bond acceptors (Lipinski definition) is 0. The first-order chi connectivity index (χ1) is 10.5. The van der Waals surface area contributed by atoms with Gasteiger partial charge in [-0.1, -0.05) is 88.9 Å². The van der Waals surface area contributed by atoms with Crippen LogP contribution in [0.4, 0.5) is 0 Å². The van der Waals surface area contributed by atoms with E-state index >= 15 is 0 Å². The molecule has 22 heavy (non-hydrogen) atoms. The molecule has 0 saturated carbocycles. The standard InChI is InChI=1S/C21H42Si/c1-8-13-15-19(6)17-21(16-14-9-2)20(7)18-22(10-3,11-4)12-5/h6,8-18H2,1-5,7H3/b21-20+. The van der Waals surface area contributed by atoms with Crippen LogP contribution in [-0.4, -0.2) is 8.07 Å². The molecule has 0 radical (unpaired) electrons. The molecule has 0 unspecified atom stereocenters. The minimum absolute atomic E-state index is 1.05. The lowest BCUT2D eigenvalue weighted by molar-refractivity contribution is 0.732. The van der Waals surface area contributed by atoms with Crippen molar-refractivity contribution in [2.75, 3.05) is 0 Å². The van der Waals surface area contributed by atoms with Crippen LogP contribution in [0.2, 0.25) is 24.2 Å². The van der Waals surface area contributed by atoms with Gasteiger partial charge in [0.1, 0.15) is 0 Å². The molecule has 0 atom stereocenters. The zero-order valence-corrected chi connectivity index (χ0v) is 17.5. The van der Waals surface area contributed by atoms with Gasteiger partial charge in [0.15, 0.2) is 0 Å². The Balaban J connectivity index is 5.05. The van der Waals surface area contributed by atoms with Crippen LogP contribution in [0, 0.1) is 0 Å². The lowest BCUT2D eigenvalue weighted by atomic mass is 9.95. The molecule has 130 valence electrons. The molecule has 0 amide bonds. The highest BCUT2D eigenvalue weighted by atomic mass is 28.3. The van der Waals surface area contributed by atoms with Gasteiger partial charge in [0.05, 0.1) is 8.07 Å². The SMILES string of the molecule is C=C(CCCC)C/C(CCCC)=C(\C)C[Si](CC)(CC)CC. The van der Waals surface area contributed by atoms with Gasteiger partial charge in [0.25, 0.3) is 0 Å². The summed E-state index contributed by atoms with van der Waals surface area (Å²) >= 11 is 0. The van der Waals surface area contributed by atoms with Gasteiger partial charge in [-0.25, -0.2) is 0 Å². The van der Waals surface area contributed by atoms with E-state index in [4.69, 9.17) is 0 Å². The molecule has 0 aliphatic carbocycles. The minimum atomic E-state index is -1.05. The molecular formula is C21H42Si. The molecule has 0 rings (SSSR count). The Morgan fingerprint density at radius 3 is 1.77 bits per heavy atom. The molecule has 0 fully saturated rings. The largest absolute Gasteiger partial charge is 0.0995 e. The van der Waals surface area contributed by atoms with Crippen molar-refractivity contribution in [1.82, 2.24) is 0 Å². The molecule has 0 aromatic carbocycles. The van der Waals surface area contributed by atoms with Crippen molar-refractivity contribution in [3.63, 3.8) is 0 Å². The monoisotopic (exact) mass is 322 g/mol. The van der Waals surface area contributed by atoms with E-state index in [0.29, 0.717) is 0 Å². The third-order valence-corrected chi connectivity index (χ3v) is 11.5. The summed E-state index contributed by atoms with van der Waals surface area (Å²) in [5.41, 5.74) is 4.92. The second-order valence-electron chi connectivity index (χ2n) is 7.26. The van der Waals surface area contributed by atoms with E-state index in [-0.39, 0.29) is 0 Å². The van der Waals surface area contributed by atoms with Gasteiger partial charge >= 0.3 is 0 Å². The van der Waals surface area contributed by atoms with Crippen LogP contribution in [0.1, 0.15) is 86.5 Å². The van der Waals surface area contributed by atoms with Crippen molar-refractivity contribution in [3.8, 4) is 0 Å². The lowest BCUT2D eigenvalue weighted by Gasteiger charge is -2.30. The Hall–Kier alpha value is -0.303. The molecule has 0 saturated heterocycles. The van der Waals surface area contributed by atoms with E-state index in [1.807, 2.05) is 0 Å². The fourth-order valence-electron chi connectivity index (χ4n) is 3.47. The summed E-state index contributed by atoms with van der Waals surface area (Å²) in [5.74, 6) is 0. The van der Waals surface area contributed by atoms with Gasteiger partial charge in [0, 0.05) is 0 Å². The summed E-state index contributed by atoms with van der Waals surface area (Å²) in [6.07, 6.45) is 8.92. The molecule has 0 aromatic heterocycles. The first-order valence-corrected chi connectivity index (χ1v) is 12.6. The highest BCUT2D eigenvalue weighted by Gasteiger charge is 2.27. The second-order valence-corrected chi connectivity index (χ2v) is 12.7. The minimum Gasteiger partial charge on any atom is -0.0995 e. The Kier molecular flexibility index (Phi) is 12.0. The first kappa shape index (κ1) is 21.7. The van der Waals surface area contributed by atoms with E-state index in [9.17, 15) is 0 Å². The van der Waals surface area contributed by atoms with Gasteiger partial charge < -0.3 is 0 Å². The fourth-order valence-corrected chi connectivity index (χ4v) is 7.10. The third-order valence-electron chi connectivity index (χ3n) is 5.67. The maximum absolute atomic E-state index is 4.36. The van der Waals surface area contributed by atoms with Crippen LogP contribution in [0.15, 0.2) is 23.3 Å². The van der Waals surface area contributed by atoms with Crippen molar-refractivity contribution in [2.45, 2.75) is 111 Å². The zero-order chi connectivity index (χ0) is 17.0. The second kappa shape index (κ2) is 12.2. The first-order valence-electron chi connectivity index (χ1n) is 9.82. The highest BCUT2D eigenvalue weighted by molar-refractivity contribution is 6.80. The number of allylic oxidation sites excluding steroid dienone is 3. The molecule has 0 heterocycles. The van der Waals surface area contributed by atoms with Crippen molar-refractivity contribution >= 4 is 8.07 Å². The predicted octanol–water partition coefficient (Wildman–Crippen LogP) is 8.14. The van der Waals surface area contributed by atoms with Crippen molar-refractivity contribution < 1.29 is 0 Å². The van der Waals surface area contributed by atoms with Gasteiger partial charge in [0.2, 0.25) is 0 Å². The average Bonchev–Trinajstić information content (AvgIpc) is 2.54. The third kappa shape index (κ3) is 7.81. The van der Waals surface area contributed by atoms with Crippen LogP contribution in [0.3, 0.4) is 0 Å². The lowest BCUT2D eigenvalue weighted by Crippen LogP contribution is -2.31. The topological polar surface area (TPSA) is 0 Å². The van der Waals surface area contributed by atoms with Gasteiger partial charge in [-0.05, 0) is 45.1 Å². The van der Waals surface area contributed by atoms with E-state index < -0.39 is 8.07 Å². The zero-order valence-electron chi connectivity index (χ0n) is 16.5. The molecule has 0 bridgehead atoms. The fraction of sp³-hybridized carbons (Fsp3) is 0.810. The highest BCUT2D eigenvalue weighted by Crippen LogP contribution is 2.33. The van der Waals surface area contributed by atoms with Crippen LogP contribution in [-0.2, 0) is 0 Å². The molecule has 0 nitrogen and oxygen atoms in total. The molecule has 0 spiro atoms. The number of rotatable bonds is 13. The van der Waals surface area contributed by atoms with Crippen molar-refractivity contribution in [2.24, 2.45) is 0 Å². The van der Waals surface area contributed by atoms with Crippen LogP contribution in [0.5, 0.6) is 0 Å². The molecule has 0 aliphatic heterocycles. The molecule has 0 aromatic rings. The Bertz CT molecular complexity index is 326. The van der Waals surface area contributed by atoms with Gasteiger partial charge in [-0.2, -0.15) is 0 Å². The Morgan fingerprint density at radius 1 is 0.818 bits per heavy atom. The number of unbranched alkanes of at least 4 members (excludes halogenated alkanes) is 2. The summed E-state index contributed by atoms with van der Waals surface area (Å²) in [5, 5.41) is 0. The van der Waals surface area contributed by atoms with E-state index in [0.717, 1.165) is 0 Å². The van der Waals surface area contributed by atoms with Gasteiger partial charge in [-0.3, -0.25) is 0 Å². The summed E-state index contributed by atoms with van der Waals surface area (Å²) in [6, 6.07) is 5.75. The molecular weight excluding hydrogens is 280 g/mol. The predicted molar refractivity (Wildman–Crippen MR) is 108 cm³/mol. The summed E-state index contributed by atoms with van der Waals surface area (Å²) in [7, 11) is -1.05. The van der Waals surface area contributed by atoms with Crippen molar-refractivity contribution in [3.05, 3.63) is 23.3 Å². The smallest absolute Gasteiger partial charge is 0.0567 e. The summed E-state index contributed by atoms with van der Waals surface area (Å²) in [4.78, 5) is 0. The quantitative estimate of drug-likeness (QED) is 0.237.